The molecule has 1 rings (SSSR count). The third-order valence-corrected chi connectivity index (χ3v) is 2.40. The molecule has 0 spiro atoms. The molecule has 0 saturated heterocycles. The van der Waals surface area contributed by atoms with E-state index in [2.05, 4.69) is 6.92 Å². The number of hydrogen-bond acceptors (Lipinski definition) is 1. The van der Waals surface area contributed by atoms with Gasteiger partial charge in [-0.3, -0.25) is 0 Å². The highest BCUT2D eigenvalue weighted by atomic mass is 16.5. The highest BCUT2D eigenvalue weighted by Crippen LogP contribution is 2.29. The summed E-state index contributed by atoms with van der Waals surface area (Å²) in [7, 11) is 1.82. The van der Waals surface area contributed by atoms with Crippen molar-refractivity contribution in [3.63, 3.8) is 0 Å². The summed E-state index contributed by atoms with van der Waals surface area (Å²) in [6.07, 6.45) is 5.88. The van der Waals surface area contributed by atoms with Crippen molar-refractivity contribution in [2.24, 2.45) is 5.92 Å². The van der Waals surface area contributed by atoms with Crippen LogP contribution >= 0.6 is 0 Å². The molecule has 1 nitrogen and oxygen atoms in total. The Labute approximate surface area is 57.4 Å². The molecule has 1 aliphatic rings. The van der Waals surface area contributed by atoms with E-state index in [0.29, 0.717) is 6.10 Å². The number of methoxy groups -OCH3 is 1. The Morgan fingerprint density at radius 1 is 1.44 bits per heavy atom. The molecule has 2 atom stereocenters. The number of rotatable bonds is 2. The Kier molecular flexibility index (Phi) is 2.52. The van der Waals surface area contributed by atoms with E-state index >= 15 is 0 Å². The predicted octanol–water partition coefficient (Wildman–Crippen LogP) is 2.21. The molecule has 0 aromatic heterocycles. The minimum Gasteiger partial charge on any atom is -0.381 e. The van der Waals surface area contributed by atoms with Crippen LogP contribution in [0.25, 0.3) is 0 Å². The van der Waals surface area contributed by atoms with E-state index in [4.69, 9.17) is 4.74 Å². The summed E-state index contributed by atoms with van der Waals surface area (Å²) < 4.78 is 5.24. The Bertz CT molecular complexity index is 70.6. The van der Waals surface area contributed by atoms with E-state index in [0.717, 1.165) is 5.92 Å². The lowest BCUT2D eigenvalue weighted by Crippen LogP contribution is -2.04. The van der Waals surface area contributed by atoms with E-state index < -0.39 is 0 Å². The van der Waals surface area contributed by atoms with Crippen LogP contribution in [0.4, 0.5) is 0 Å². The standard InChI is InChI=1S/C8H16O/c1-3-7-4-5-8(6-7)9-2/h7-8H,3-6H2,1-2H3/t7-,8?/m1/s1. The van der Waals surface area contributed by atoms with Crippen LogP contribution in [0, 0.1) is 5.92 Å². The molecule has 0 radical (unpaired) electrons. The molecule has 1 fully saturated rings. The van der Waals surface area contributed by atoms with Gasteiger partial charge in [0.25, 0.3) is 0 Å². The van der Waals surface area contributed by atoms with Crippen LogP contribution in [-0.2, 0) is 4.74 Å². The summed E-state index contributed by atoms with van der Waals surface area (Å²) in [5.41, 5.74) is 0. The minimum atomic E-state index is 0.579. The van der Waals surface area contributed by atoms with Gasteiger partial charge in [-0.05, 0) is 25.2 Å². The molecule has 1 heteroatoms. The second-order valence-corrected chi connectivity index (χ2v) is 2.95. The van der Waals surface area contributed by atoms with E-state index in [-0.39, 0.29) is 0 Å². The zero-order valence-electron chi connectivity index (χ0n) is 6.39. The second-order valence-electron chi connectivity index (χ2n) is 2.95. The highest BCUT2D eigenvalue weighted by molar-refractivity contribution is 4.74. The average molecular weight is 128 g/mol. The molecule has 1 aliphatic carbocycles. The van der Waals surface area contributed by atoms with Crippen molar-refractivity contribution in [2.45, 2.75) is 38.7 Å². The Morgan fingerprint density at radius 3 is 2.56 bits per heavy atom. The Morgan fingerprint density at radius 2 is 2.22 bits per heavy atom. The fourth-order valence-electron chi connectivity index (χ4n) is 1.61. The molecule has 1 unspecified atom stereocenters. The summed E-state index contributed by atoms with van der Waals surface area (Å²) in [4.78, 5) is 0. The van der Waals surface area contributed by atoms with Crippen LogP contribution in [0.15, 0.2) is 0 Å². The summed E-state index contributed by atoms with van der Waals surface area (Å²) in [5.74, 6) is 0.954. The molecule has 1 saturated carbocycles. The zero-order chi connectivity index (χ0) is 6.69. The first-order valence-electron chi connectivity index (χ1n) is 3.89. The topological polar surface area (TPSA) is 9.23 Å². The van der Waals surface area contributed by atoms with Crippen molar-refractivity contribution in [3.8, 4) is 0 Å². The Balaban J connectivity index is 2.20. The number of hydrogen-bond donors (Lipinski definition) is 0. The molecule has 0 N–H and O–H groups in total. The van der Waals surface area contributed by atoms with Gasteiger partial charge in [-0.25, -0.2) is 0 Å². The molecule has 0 amide bonds. The molecule has 0 aromatic rings. The van der Waals surface area contributed by atoms with Crippen LogP contribution in [0.1, 0.15) is 32.6 Å². The van der Waals surface area contributed by atoms with Gasteiger partial charge >= 0.3 is 0 Å². The van der Waals surface area contributed by atoms with Gasteiger partial charge in [0, 0.05) is 7.11 Å². The van der Waals surface area contributed by atoms with Crippen LogP contribution in [-0.4, -0.2) is 13.2 Å². The molecule has 54 valence electrons. The minimum absolute atomic E-state index is 0.579. The zero-order valence-corrected chi connectivity index (χ0v) is 6.39. The maximum absolute atomic E-state index is 5.24. The van der Waals surface area contributed by atoms with Crippen molar-refractivity contribution in [2.75, 3.05) is 7.11 Å². The van der Waals surface area contributed by atoms with Crippen molar-refractivity contribution in [3.05, 3.63) is 0 Å². The highest BCUT2D eigenvalue weighted by Gasteiger charge is 2.22. The largest absolute Gasteiger partial charge is 0.381 e. The van der Waals surface area contributed by atoms with Crippen LogP contribution < -0.4 is 0 Å². The molecule has 9 heavy (non-hydrogen) atoms. The smallest absolute Gasteiger partial charge is 0.0574 e. The lowest BCUT2D eigenvalue weighted by molar-refractivity contribution is 0.105. The van der Waals surface area contributed by atoms with Crippen molar-refractivity contribution in [1.29, 1.82) is 0 Å². The van der Waals surface area contributed by atoms with E-state index in [1.165, 1.54) is 25.7 Å². The van der Waals surface area contributed by atoms with E-state index in [1.54, 1.807) is 0 Å². The summed E-state index contributed by atoms with van der Waals surface area (Å²) in [5, 5.41) is 0. The molecule has 0 heterocycles. The van der Waals surface area contributed by atoms with Gasteiger partial charge in [0.1, 0.15) is 0 Å². The summed E-state index contributed by atoms with van der Waals surface area (Å²) >= 11 is 0. The molecule has 0 aromatic carbocycles. The molecule has 0 bridgehead atoms. The fraction of sp³-hybridized carbons (Fsp3) is 1.00. The van der Waals surface area contributed by atoms with Gasteiger partial charge in [0.05, 0.1) is 6.10 Å². The Hall–Kier alpha value is -0.0400. The van der Waals surface area contributed by atoms with Gasteiger partial charge in [-0.15, -0.1) is 0 Å². The first-order chi connectivity index (χ1) is 4.36. The van der Waals surface area contributed by atoms with Gasteiger partial charge in [0.2, 0.25) is 0 Å². The first-order valence-corrected chi connectivity index (χ1v) is 3.89. The van der Waals surface area contributed by atoms with Gasteiger partial charge in [0.15, 0.2) is 0 Å². The van der Waals surface area contributed by atoms with Gasteiger partial charge in [-0.1, -0.05) is 13.3 Å². The fourth-order valence-corrected chi connectivity index (χ4v) is 1.61. The maximum atomic E-state index is 5.24. The van der Waals surface area contributed by atoms with Crippen LogP contribution in [0.5, 0.6) is 0 Å². The maximum Gasteiger partial charge on any atom is 0.0574 e. The molecular formula is C8H16O. The lowest BCUT2D eigenvalue weighted by Gasteiger charge is -2.06. The lowest BCUT2D eigenvalue weighted by atomic mass is 10.1. The van der Waals surface area contributed by atoms with Crippen LogP contribution in [0.2, 0.25) is 0 Å². The SMILES string of the molecule is CC[C@@H]1CCC(OC)C1. The van der Waals surface area contributed by atoms with E-state index in [1.807, 2.05) is 7.11 Å². The van der Waals surface area contributed by atoms with E-state index in [9.17, 15) is 0 Å². The molecular weight excluding hydrogens is 112 g/mol. The van der Waals surface area contributed by atoms with Gasteiger partial charge < -0.3 is 4.74 Å². The predicted molar refractivity (Wildman–Crippen MR) is 38.4 cm³/mol. The normalized spacial score (nSPS) is 35.3. The monoisotopic (exact) mass is 128 g/mol. The molecule has 0 aliphatic heterocycles. The third kappa shape index (κ3) is 1.68. The third-order valence-electron chi connectivity index (χ3n) is 2.40. The van der Waals surface area contributed by atoms with Gasteiger partial charge in [-0.2, -0.15) is 0 Å². The summed E-state index contributed by atoms with van der Waals surface area (Å²) in [6.45, 7) is 2.27. The van der Waals surface area contributed by atoms with Crippen LogP contribution in [0.3, 0.4) is 0 Å². The van der Waals surface area contributed by atoms with Crippen molar-refractivity contribution >= 4 is 0 Å². The average Bonchev–Trinajstić information content (AvgIpc) is 2.34. The van der Waals surface area contributed by atoms with Crippen molar-refractivity contribution in [1.82, 2.24) is 0 Å². The second kappa shape index (κ2) is 3.21. The number of ether oxygens (including phenoxy) is 1. The first kappa shape index (κ1) is 7.07. The quantitative estimate of drug-likeness (QED) is 0.554. The van der Waals surface area contributed by atoms with Crippen molar-refractivity contribution < 1.29 is 4.74 Å². The summed E-state index contributed by atoms with van der Waals surface area (Å²) in [6, 6.07) is 0.